The SMILES string of the molecule is CC(=O)NN.CCc1cc(-c2nnc(C)o2)ccc1N(C)c1cc2c(cn1)ncn2C.CCc1cc(C(=O)O)ccc1N(C)c1cc2c(cn1)ncn2C.[Na+]. The number of fused-ring (bicyclic) bond motifs is 2. The van der Waals surface area contributed by atoms with E-state index in [-0.39, 0.29) is 35.5 Å². The second kappa shape index (κ2) is 18.6. The second-order valence-corrected chi connectivity index (χ2v) is 12.4. The Morgan fingerprint density at radius 3 is 1.73 bits per heavy atom. The fourth-order valence-corrected chi connectivity index (χ4v) is 5.72. The fourth-order valence-electron chi connectivity index (χ4n) is 5.72. The van der Waals surface area contributed by atoms with Crippen LogP contribution in [-0.4, -0.2) is 70.3 Å². The number of nitrogens with zero attached hydrogens (tertiary/aromatic N) is 10. The van der Waals surface area contributed by atoms with Gasteiger partial charge in [0.15, 0.2) is 0 Å². The van der Waals surface area contributed by atoms with Crippen LogP contribution in [0.3, 0.4) is 0 Å². The minimum atomic E-state index is -0.914. The molecule has 17 heteroatoms. The van der Waals surface area contributed by atoms with Crippen LogP contribution >= 0.6 is 0 Å². The van der Waals surface area contributed by atoms with E-state index >= 15 is 0 Å². The summed E-state index contributed by atoms with van der Waals surface area (Å²) in [6.45, 7) is 7.28. The van der Waals surface area contributed by atoms with Gasteiger partial charge < -0.3 is 28.5 Å². The van der Waals surface area contributed by atoms with Gasteiger partial charge in [-0.15, -0.1) is 10.2 Å². The van der Waals surface area contributed by atoms with Gasteiger partial charge in [0.25, 0.3) is 0 Å². The maximum atomic E-state index is 11.1. The number of nitrogens with one attached hydrogen (secondary N) is 1. The van der Waals surface area contributed by atoms with Gasteiger partial charge in [-0.05, 0) is 60.4 Å². The van der Waals surface area contributed by atoms with E-state index in [0.29, 0.717) is 17.3 Å². The van der Waals surface area contributed by atoms with Crippen molar-refractivity contribution >= 4 is 57.0 Å². The Labute approximate surface area is 340 Å². The van der Waals surface area contributed by atoms with Crippen molar-refractivity contribution in [2.75, 3.05) is 23.9 Å². The van der Waals surface area contributed by atoms with E-state index in [1.54, 1.807) is 37.9 Å². The smallest absolute Gasteiger partial charge is 0.478 e. The number of hydrogen-bond acceptors (Lipinski definition) is 12. The van der Waals surface area contributed by atoms with Crippen LogP contribution in [0.1, 0.15) is 48.1 Å². The zero-order valence-electron chi connectivity index (χ0n) is 32.6. The largest absolute Gasteiger partial charge is 1.00 e. The molecule has 5 heterocycles. The topological polar surface area (TPSA) is 199 Å². The van der Waals surface area contributed by atoms with Crippen LogP contribution in [-0.2, 0) is 31.7 Å². The van der Waals surface area contributed by atoms with Crippen LogP contribution in [0.15, 0.2) is 78.0 Å². The van der Waals surface area contributed by atoms with Gasteiger partial charge in [0, 0.05) is 71.1 Å². The maximum Gasteiger partial charge on any atom is 1.00 e. The molecule has 2 aromatic carbocycles. The molecule has 0 fully saturated rings. The Kier molecular flexibility index (Phi) is 14.2. The minimum Gasteiger partial charge on any atom is -0.478 e. The molecule has 7 rings (SSSR count). The first kappa shape index (κ1) is 42.1. The van der Waals surface area contributed by atoms with Crippen molar-refractivity contribution in [3.05, 3.63) is 96.2 Å². The number of benzene rings is 2. The Morgan fingerprint density at radius 2 is 1.29 bits per heavy atom. The molecular formula is C38H44N12NaO4+. The molecular weight excluding hydrogens is 711 g/mol. The van der Waals surface area contributed by atoms with Crippen molar-refractivity contribution in [2.45, 2.75) is 40.5 Å². The first-order valence-electron chi connectivity index (χ1n) is 17.1. The molecule has 1 amide bonds. The van der Waals surface area contributed by atoms with Crippen molar-refractivity contribution in [2.24, 2.45) is 19.9 Å². The van der Waals surface area contributed by atoms with Crippen LogP contribution in [0.4, 0.5) is 23.0 Å². The van der Waals surface area contributed by atoms with E-state index in [1.165, 1.54) is 12.5 Å². The molecule has 0 saturated carbocycles. The summed E-state index contributed by atoms with van der Waals surface area (Å²) in [6, 6.07) is 15.4. The summed E-state index contributed by atoms with van der Waals surface area (Å²) in [6.07, 6.45) is 8.74. The van der Waals surface area contributed by atoms with Crippen LogP contribution in [0.25, 0.3) is 33.5 Å². The number of rotatable bonds is 8. The third kappa shape index (κ3) is 9.71. The fraction of sp³-hybridized carbons (Fsp3) is 0.263. The number of amides is 1. The number of pyridine rings is 2. The summed E-state index contributed by atoms with van der Waals surface area (Å²) < 4.78 is 9.49. The number of aryl methyl sites for hydroxylation is 5. The molecule has 5 aromatic heterocycles. The number of aromatic nitrogens is 8. The summed E-state index contributed by atoms with van der Waals surface area (Å²) in [5.74, 6) is 6.21. The summed E-state index contributed by atoms with van der Waals surface area (Å²) in [4.78, 5) is 42.4. The Bertz CT molecular complexity index is 2420. The van der Waals surface area contributed by atoms with Crippen molar-refractivity contribution < 1.29 is 48.7 Å². The number of aromatic carboxylic acids is 1. The van der Waals surface area contributed by atoms with Crippen molar-refractivity contribution in [3.63, 3.8) is 0 Å². The van der Waals surface area contributed by atoms with Crippen molar-refractivity contribution in [1.82, 2.24) is 44.7 Å². The molecule has 0 unspecified atom stereocenters. The quantitative estimate of drug-likeness (QED) is 0.0886. The summed E-state index contributed by atoms with van der Waals surface area (Å²) in [5.41, 5.74) is 11.1. The molecule has 16 nitrogen and oxygen atoms in total. The van der Waals surface area contributed by atoms with E-state index < -0.39 is 5.97 Å². The van der Waals surface area contributed by atoms with Crippen LogP contribution < -0.4 is 50.6 Å². The molecule has 0 radical (unpaired) electrons. The summed E-state index contributed by atoms with van der Waals surface area (Å²) in [7, 11) is 7.88. The summed E-state index contributed by atoms with van der Waals surface area (Å²) in [5, 5.41) is 17.2. The van der Waals surface area contributed by atoms with E-state index in [1.807, 2.05) is 79.0 Å². The average molecular weight is 756 g/mol. The maximum absolute atomic E-state index is 11.1. The van der Waals surface area contributed by atoms with Crippen molar-refractivity contribution in [1.29, 1.82) is 0 Å². The molecule has 0 aliphatic rings. The number of carbonyl (C=O) groups is 2. The monoisotopic (exact) mass is 755 g/mol. The number of nitrogens with two attached hydrogens (primary N) is 1. The third-order valence-electron chi connectivity index (χ3n) is 8.75. The Morgan fingerprint density at radius 1 is 0.800 bits per heavy atom. The van der Waals surface area contributed by atoms with Crippen LogP contribution in [0, 0.1) is 6.92 Å². The molecule has 280 valence electrons. The standard InChI is InChI=1S/C19H20N6O.C17H18N4O2.C2H6N2O.Na/c1-5-13-8-14(19-23-22-12(2)26-19)6-7-16(13)25(4)18-9-17-15(10-20-18)21-11-24(17)3;1-4-11-7-12(17(22)23)5-6-14(11)21(3)16-8-15-13(9-18-16)19-10-20(15)2;1-2(5)4-3;/h6-11H,5H2,1-4H3;5-10H,4H2,1-3H3,(H,22,23);3H2,1H3,(H,4,5);/q;;;+1. The van der Waals surface area contributed by atoms with Gasteiger partial charge in [0.2, 0.25) is 17.7 Å². The zero-order valence-corrected chi connectivity index (χ0v) is 34.6. The molecule has 0 aliphatic heterocycles. The minimum absolute atomic E-state index is 0. The van der Waals surface area contributed by atoms with Gasteiger partial charge in [-0.25, -0.2) is 30.6 Å². The van der Waals surface area contributed by atoms with Crippen molar-refractivity contribution in [3.8, 4) is 11.5 Å². The van der Waals surface area contributed by atoms with Gasteiger partial charge in [-0.2, -0.15) is 0 Å². The molecule has 0 spiro atoms. The first-order chi connectivity index (χ1) is 25.8. The number of carboxylic acid groups (broad SMARTS) is 1. The van der Waals surface area contributed by atoms with Crippen LogP contribution in [0.2, 0.25) is 0 Å². The number of hydrogen-bond donors (Lipinski definition) is 3. The molecule has 0 saturated heterocycles. The average Bonchev–Trinajstić information content (AvgIpc) is 3.91. The molecule has 0 aliphatic carbocycles. The summed E-state index contributed by atoms with van der Waals surface area (Å²) >= 11 is 0. The number of hydrazine groups is 1. The molecule has 7 aromatic rings. The van der Waals surface area contributed by atoms with Gasteiger partial charge >= 0.3 is 35.5 Å². The van der Waals surface area contributed by atoms with E-state index in [0.717, 1.165) is 69.0 Å². The van der Waals surface area contributed by atoms with E-state index in [4.69, 9.17) is 9.52 Å². The number of anilines is 4. The van der Waals surface area contributed by atoms with Gasteiger partial charge in [-0.1, -0.05) is 13.8 Å². The second-order valence-electron chi connectivity index (χ2n) is 12.4. The molecule has 55 heavy (non-hydrogen) atoms. The van der Waals surface area contributed by atoms with E-state index in [9.17, 15) is 9.59 Å². The number of carboxylic acids is 1. The molecule has 0 bridgehead atoms. The number of carbonyl (C=O) groups excluding carboxylic acids is 1. The predicted molar refractivity (Wildman–Crippen MR) is 208 cm³/mol. The molecule has 4 N–H and O–H groups in total. The predicted octanol–water partition coefficient (Wildman–Crippen LogP) is 2.65. The number of imidazole rings is 2. The Hall–Kier alpha value is -5.68. The first-order valence-corrected chi connectivity index (χ1v) is 17.1. The van der Waals surface area contributed by atoms with Crippen LogP contribution in [0.5, 0.6) is 0 Å². The van der Waals surface area contributed by atoms with Gasteiger partial charge in [0.1, 0.15) is 22.7 Å². The third-order valence-corrected chi connectivity index (χ3v) is 8.75. The zero-order chi connectivity index (χ0) is 39.1. The Balaban J connectivity index is 0.000000216. The van der Waals surface area contributed by atoms with Gasteiger partial charge in [-0.3, -0.25) is 10.2 Å². The van der Waals surface area contributed by atoms with Gasteiger partial charge in [0.05, 0.1) is 41.6 Å². The molecule has 0 atom stereocenters. The normalized spacial score (nSPS) is 10.5. The van der Waals surface area contributed by atoms with E-state index in [2.05, 4.69) is 66.0 Å².